The molecule has 0 bridgehead atoms. The SMILES string of the molecule is Cn1nccc1C(=O)N1CC2(CCCN(c3nc(OC[C@@]45CCCN4C[C@H](F)C5)nc4c(F)c(-c5ccc(F)c6sc(N)c(C#N)c56)c(Cl)cc34)C2)C1. The summed E-state index contributed by atoms with van der Waals surface area (Å²) < 4.78 is 54.8. The molecule has 4 aliphatic rings. The molecule has 0 aliphatic carbocycles. The number of rotatable bonds is 6. The Kier molecular flexibility index (Phi) is 8.03. The first-order chi connectivity index (χ1) is 25.5. The van der Waals surface area contributed by atoms with Crippen molar-refractivity contribution in [3.05, 3.63) is 58.4 Å². The summed E-state index contributed by atoms with van der Waals surface area (Å²) in [6.45, 7) is 3.54. The van der Waals surface area contributed by atoms with Gasteiger partial charge in [0, 0.05) is 74.1 Å². The Hall–Kier alpha value is -4.65. The van der Waals surface area contributed by atoms with Gasteiger partial charge in [0.25, 0.3) is 5.91 Å². The van der Waals surface area contributed by atoms with Crippen molar-refractivity contribution in [2.75, 3.05) is 56.5 Å². The van der Waals surface area contributed by atoms with Crippen LogP contribution in [0.4, 0.5) is 24.0 Å². The molecule has 1 amide bonds. The van der Waals surface area contributed by atoms with E-state index >= 15 is 4.39 Å². The van der Waals surface area contributed by atoms with Crippen LogP contribution in [0.3, 0.4) is 0 Å². The minimum Gasteiger partial charge on any atom is -0.461 e. The Morgan fingerprint density at radius 2 is 1.98 bits per heavy atom. The third-order valence-corrected chi connectivity index (χ3v) is 12.9. The van der Waals surface area contributed by atoms with Gasteiger partial charge in [0.05, 0.1) is 20.8 Å². The van der Waals surface area contributed by atoms with Crippen LogP contribution >= 0.6 is 22.9 Å². The largest absolute Gasteiger partial charge is 0.461 e. The Morgan fingerprint density at radius 3 is 2.75 bits per heavy atom. The number of thiophene rings is 1. The average Bonchev–Trinajstić information content (AvgIpc) is 3.89. The van der Waals surface area contributed by atoms with Gasteiger partial charge in [-0.25, -0.2) is 13.2 Å². The van der Waals surface area contributed by atoms with Gasteiger partial charge in [0.15, 0.2) is 5.82 Å². The van der Waals surface area contributed by atoms with E-state index < -0.39 is 23.3 Å². The number of aryl methyl sites for hydroxylation is 1. The van der Waals surface area contributed by atoms with E-state index in [4.69, 9.17) is 27.1 Å². The number of anilines is 2. The highest BCUT2D eigenvalue weighted by atomic mass is 35.5. The lowest BCUT2D eigenvalue weighted by atomic mass is 9.73. The number of hydrogen-bond acceptors (Lipinski definition) is 10. The fourth-order valence-corrected chi connectivity index (χ4v) is 10.4. The van der Waals surface area contributed by atoms with Gasteiger partial charge >= 0.3 is 6.01 Å². The number of ether oxygens (including phenoxy) is 1. The minimum atomic E-state index is -0.956. The second kappa shape index (κ2) is 12.5. The van der Waals surface area contributed by atoms with E-state index in [0.717, 1.165) is 43.6 Å². The van der Waals surface area contributed by atoms with E-state index in [0.29, 0.717) is 56.0 Å². The molecule has 1 spiro atoms. The van der Waals surface area contributed by atoms with Crippen molar-refractivity contribution in [1.29, 1.82) is 5.26 Å². The molecule has 4 fully saturated rings. The maximum Gasteiger partial charge on any atom is 0.319 e. The second-order valence-corrected chi connectivity index (χ2v) is 16.4. The topological polar surface area (TPSA) is 129 Å². The van der Waals surface area contributed by atoms with Gasteiger partial charge in [0.2, 0.25) is 0 Å². The first-order valence-corrected chi connectivity index (χ1v) is 18.8. The monoisotopic (exact) mass is 761 g/mol. The Labute approximate surface area is 311 Å². The summed E-state index contributed by atoms with van der Waals surface area (Å²) in [5.74, 6) is -1.01. The molecule has 3 aromatic heterocycles. The van der Waals surface area contributed by atoms with Crippen molar-refractivity contribution in [2.45, 2.75) is 43.8 Å². The van der Waals surface area contributed by atoms with Crippen LogP contribution in [0.1, 0.15) is 48.2 Å². The van der Waals surface area contributed by atoms with Crippen LogP contribution in [-0.4, -0.2) is 93.0 Å². The summed E-state index contributed by atoms with van der Waals surface area (Å²) in [6, 6.07) is 7.90. The minimum absolute atomic E-state index is 0.0267. The molecule has 0 radical (unpaired) electrons. The highest BCUT2D eigenvalue weighted by molar-refractivity contribution is 7.23. The number of fused-ring (bicyclic) bond motifs is 3. The number of nitrogen functional groups attached to an aromatic ring is 1. The number of nitriles is 1. The molecule has 7 heterocycles. The molecule has 0 saturated carbocycles. The number of halogens is 4. The van der Waals surface area contributed by atoms with E-state index in [1.165, 1.54) is 12.1 Å². The van der Waals surface area contributed by atoms with Crippen LogP contribution in [0, 0.1) is 28.4 Å². The number of nitrogens with two attached hydrogens (primary N) is 1. The summed E-state index contributed by atoms with van der Waals surface area (Å²) in [6.07, 6.45) is 4.40. The molecule has 53 heavy (non-hydrogen) atoms. The number of hydrogen-bond donors (Lipinski definition) is 1. The maximum absolute atomic E-state index is 17.2. The maximum atomic E-state index is 17.2. The van der Waals surface area contributed by atoms with Crippen molar-refractivity contribution in [3.8, 4) is 23.2 Å². The Balaban J connectivity index is 1.13. The van der Waals surface area contributed by atoms with Crippen LogP contribution < -0.4 is 15.4 Å². The van der Waals surface area contributed by atoms with Gasteiger partial charge in [-0.15, -0.1) is 11.3 Å². The zero-order valence-corrected chi connectivity index (χ0v) is 30.4. The second-order valence-electron chi connectivity index (χ2n) is 14.9. The molecule has 274 valence electrons. The van der Waals surface area contributed by atoms with Crippen LogP contribution in [0.5, 0.6) is 6.01 Å². The summed E-state index contributed by atoms with van der Waals surface area (Å²) in [4.78, 5) is 28.7. The average molecular weight is 762 g/mol. The van der Waals surface area contributed by atoms with Crippen molar-refractivity contribution >= 4 is 60.7 Å². The lowest BCUT2D eigenvalue weighted by molar-refractivity contribution is -0.00264. The lowest BCUT2D eigenvalue weighted by Crippen LogP contribution is -2.64. The summed E-state index contributed by atoms with van der Waals surface area (Å²) in [7, 11) is 1.74. The molecule has 2 aromatic carbocycles. The van der Waals surface area contributed by atoms with Gasteiger partial charge in [-0.05, 0) is 56.0 Å². The molecule has 4 aliphatic heterocycles. The number of amides is 1. The molecule has 16 heteroatoms. The van der Waals surface area contributed by atoms with E-state index in [1.807, 2.05) is 11.0 Å². The number of aromatic nitrogens is 4. The number of carbonyl (C=O) groups excluding carboxylic acids is 1. The number of carbonyl (C=O) groups is 1. The Bertz CT molecular complexity index is 2370. The molecule has 0 unspecified atom stereocenters. The third kappa shape index (κ3) is 5.40. The predicted octanol–water partition coefficient (Wildman–Crippen LogP) is 6.33. The van der Waals surface area contributed by atoms with Crippen molar-refractivity contribution < 1.29 is 22.7 Å². The molecule has 11 nitrogen and oxygen atoms in total. The number of likely N-dealkylation sites (tertiary alicyclic amines) is 1. The first-order valence-electron chi connectivity index (χ1n) is 17.6. The molecular formula is C37H35ClF3N9O2S. The fourth-order valence-electron chi connectivity index (χ4n) is 9.17. The van der Waals surface area contributed by atoms with Crippen LogP contribution in [0.15, 0.2) is 30.5 Å². The summed E-state index contributed by atoms with van der Waals surface area (Å²) in [5, 5.41) is 14.7. The standard InChI is InChI=1S/C37H35ClF3N9O2S/c1-47-26(6-9-44-47)34(51)49-17-36(18-49)7-2-10-48(16-36)33-22-12-24(38)28(21-4-5-25(40)31-27(21)23(14-42)32(43)53-31)29(41)30(22)45-35(46-33)52-19-37-8-3-11-50(37)15-20(39)13-37/h4-6,9,12,20H,2-3,7-8,10-11,13,15-19,43H2,1H3/t20-,37+/m1/s1. The predicted molar refractivity (Wildman–Crippen MR) is 196 cm³/mol. The van der Waals surface area contributed by atoms with Gasteiger partial charge < -0.3 is 20.3 Å². The zero-order valence-electron chi connectivity index (χ0n) is 28.8. The first kappa shape index (κ1) is 34.1. The molecule has 9 rings (SSSR count). The van der Waals surface area contributed by atoms with E-state index in [1.54, 1.807) is 30.1 Å². The summed E-state index contributed by atoms with van der Waals surface area (Å²) >= 11 is 7.84. The van der Waals surface area contributed by atoms with E-state index in [-0.39, 0.29) is 66.3 Å². The molecule has 2 atom stereocenters. The molecule has 2 N–H and O–H groups in total. The van der Waals surface area contributed by atoms with Gasteiger partial charge in [0.1, 0.15) is 46.7 Å². The van der Waals surface area contributed by atoms with Crippen molar-refractivity contribution in [1.82, 2.24) is 29.5 Å². The van der Waals surface area contributed by atoms with Gasteiger partial charge in [-0.2, -0.15) is 20.3 Å². The molecular weight excluding hydrogens is 727 g/mol. The molecule has 5 aromatic rings. The molecule has 4 saturated heterocycles. The fraction of sp³-hybridized carbons (Fsp3) is 0.432. The summed E-state index contributed by atoms with van der Waals surface area (Å²) in [5.41, 5.74) is 6.07. The zero-order chi connectivity index (χ0) is 36.8. The highest BCUT2D eigenvalue weighted by Crippen LogP contribution is 2.47. The number of benzene rings is 2. The van der Waals surface area contributed by atoms with Gasteiger partial charge in [-0.1, -0.05) is 17.7 Å². The normalized spacial score (nSPS) is 22.5. The van der Waals surface area contributed by atoms with Gasteiger partial charge in [-0.3, -0.25) is 14.4 Å². The smallest absolute Gasteiger partial charge is 0.319 e. The number of piperidine rings is 1. The van der Waals surface area contributed by atoms with Crippen LogP contribution in [-0.2, 0) is 7.05 Å². The van der Waals surface area contributed by atoms with Crippen LogP contribution in [0.25, 0.3) is 32.1 Å². The third-order valence-electron chi connectivity index (χ3n) is 11.6. The van der Waals surface area contributed by atoms with Crippen molar-refractivity contribution in [3.63, 3.8) is 0 Å². The van der Waals surface area contributed by atoms with Crippen molar-refractivity contribution in [2.24, 2.45) is 12.5 Å². The number of nitrogens with zero attached hydrogens (tertiary/aromatic N) is 8. The Morgan fingerprint density at radius 1 is 1.17 bits per heavy atom. The van der Waals surface area contributed by atoms with Crippen LogP contribution in [0.2, 0.25) is 5.02 Å². The number of alkyl halides is 1. The van der Waals surface area contributed by atoms with E-state index in [9.17, 15) is 18.8 Å². The highest BCUT2D eigenvalue weighted by Gasteiger charge is 2.50. The lowest BCUT2D eigenvalue weighted by Gasteiger charge is -2.54. The van der Waals surface area contributed by atoms with E-state index in [2.05, 4.69) is 19.9 Å². The quantitative estimate of drug-likeness (QED) is 0.211.